The van der Waals surface area contributed by atoms with Crippen LogP contribution in [0.4, 0.5) is 11.4 Å². The van der Waals surface area contributed by atoms with Crippen LogP contribution in [0.2, 0.25) is 5.02 Å². The van der Waals surface area contributed by atoms with Gasteiger partial charge < -0.3 is 10.1 Å². The Morgan fingerprint density at radius 3 is 2.34 bits per heavy atom. The lowest BCUT2D eigenvalue weighted by molar-refractivity contribution is -0.122. The molecule has 32 heavy (non-hydrogen) atoms. The van der Waals surface area contributed by atoms with Crippen LogP contribution in [0.15, 0.2) is 71.6 Å². The van der Waals surface area contributed by atoms with Crippen LogP contribution in [0.1, 0.15) is 24.5 Å². The molecule has 168 valence electrons. The summed E-state index contributed by atoms with van der Waals surface area (Å²) >= 11 is 6.03. The Bertz CT molecular complexity index is 1210. The number of sulfonamides is 1. The number of carbonyl (C=O) groups excluding carboxylic acids is 1. The Balaban J connectivity index is 1.69. The molecule has 0 aromatic heterocycles. The van der Waals surface area contributed by atoms with Gasteiger partial charge in [-0.05, 0) is 73.9 Å². The number of anilines is 2. The Morgan fingerprint density at radius 2 is 1.69 bits per heavy atom. The van der Waals surface area contributed by atoms with E-state index in [0.29, 0.717) is 28.6 Å². The maximum atomic E-state index is 12.7. The van der Waals surface area contributed by atoms with Crippen molar-refractivity contribution < 1.29 is 17.9 Å². The highest BCUT2D eigenvalue weighted by atomic mass is 35.5. The summed E-state index contributed by atoms with van der Waals surface area (Å²) in [6.45, 7) is 5.80. The summed E-state index contributed by atoms with van der Waals surface area (Å²) in [6, 6.07) is 18.2. The number of carbonyl (C=O) groups is 1. The molecule has 0 unspecified atom stereocenters. The molecule has 0 bridgehead atoms. The maximum absolute atomic E-state index is 12.7. The van der Waals surface area contributed by atoms with Crippen molar-refractivity contribution in [2.45, 2.75) is 38.2 Å². The third-order valence-electron chi connectivity index (χ3n) is 5.04. The van der Waals surface area contributed by atoms with Crippen molar-refractivity contribution >= 4 is 38.9 Å². The fourth-order valence-corrected chi connectivity index (χ4v) is 4.33. The number of aryl methyl sites for hydroxylation is 1. The van der Waals surface area contributed by atoms with E-state index in [9.17, 15) is 13.2 Å². The van der Waals surface area contributed by atoms with E-state index < -0.39 is 16.1 Å². The van der Waals surface area contributed by atoms with Gasteiger partial charge in [0, 0.05) is 5.69 Å². The first kappa shape index (κ1) is 23.6. The number of amides is 1. The van der Waals surface area contributed by atoms with E-state index in [0.717, 1.165) is 11.1 Å². The molecule has 6 nitrogen and oxygen atoms in total. The lowest BCUT2D eigenvalue weighted by Crippen LogP contribution is -2.32. The van der Waals surface area contributed by atoms with Gasteiger partial charge in [-0.15, -0.1) is 0 Å². The van der Waals surface area contributed by atoms with Crippen molar-refractivity contribution in [2.75, 3.05) is 10.0 Å². The number of benzene rings is 3. The van der Waals surface area contributed by atoms with Gasteiger partial charge in [-0.2, -0.15) is 0 Å². The normalized spacial score (nSPS) is 12.1. The van der Waals surface area contributed by atoms with E-state index in [1.165, 1.54) is 24.3 Å². The molecule has 0 aliphatic heterocycles. The molecule has 3 aromatic carbocycles. The highest BCUT2D eigenvalue weighted by Crippen LogP contribution is 2.25. The molecule has 2 N–H and O–H groups in total. The molecule has 0 radical (unpaired) electrons. The predicted octanol–water partition coefficient (Wildman–Crippen LogP) is 5.55. The highest BCUT2D eigenvalue weighted by Gasteiger charge is 2.20. The molecule has 0 aliphatic carbocycles. The summed E-state index contributed by atoms with van der Waals surface area (Å²) in [6.07, 6.45) is -0.200. The minimum Gasteiger partial charge on any atom is -0.480 e. The van der Waals surface area contributed by atoms with Crippen LogP contribution in [-0.2, 0) is 14.8 Å². The van der Waals surface area contributed by atoms with Gasteiger partial charge in [0.05, 0.1) is 15.6 Å². The van der Waals surface area contributed by atoms with Crippen LogP contribution in [-0.4, -0.2) is 20.4 Å². The predicted molar refractivity (Wildman–Crippen MR) is 128 cm³/mol. The Labute approximate surface area is 193 Å². The molecule has 0 spiro atoms. The monoisotopic (exact) mass is 472 g/mol. The van der Waals surface area contributed by atoms with Crippen LogP contribution in [0, 0.1) is 13.8 Å². The summed E-state index contributed by atoms with van der Waals surface area (Å²) in [5.74, 6) is 0.359. The molecule has 0 saturated carbocycles. The molecular weight excluding hydrogens is 448 g/mol. The fraction of sp³-hybridized carbons (Fsp3) is 0.208. The number of rotatable bonds is 8. The van der Waals surface area contributed by atoms with Gasteiger partial charge in [0.25, 0.3) is 15.9 Å². The van der Waals surface area contributed by atoms with Gasteiger partial charge in [-0.1, -0.05) is 42.8 Å². The number of halogens is 1. The second kappa shape index (κ2) is 10.1. The van der Waals surface area contributed by atoms with Gasteiger partial charge in [-0.25, -0.2) is 8.42 Å². The summed E-state index contributed by atoms with van der Waals surface area (Å²) < 4.78 is 33.6. The number of hydrogen-bond donors (Lipinski definition) is 2. The van der Waals surface area contributed by atoms with Crippen molar-refractivity contribution in [1.82, 2.24) is 0 Å². The smallest absolute Gasteiger partial charge is 0.265 e. The van der Waals surface area contributed by atoms with Crippen molar-refractivity contribution in [1.29, 1.82) is 0 Å². The standard InChI is InChI=1S/C24H25ClN2O4S/c1-4-22(31-23-11-7-8-16(2)17(23)3)24(28)26-18-12-14-19(15-13-18)32(29,30)27-21-10-6-5-9-20(21)25/h5-15,22,27H,4H2,1-3H3,(H,26,28)/t22-/m0/s1. The average molecular weight is 473 g/mol. The first-order valence-electron chi connectivity index (χ1n) is 10.1. The van der Waals surface area contributed by atoms with E-state index in [2.05, 4.69) is 10.0 Å². The van der Waals surface area contributed by atoms with E-state index in [-0.39, 0.29) is 10.8 Å². The molecule has 0 saturated heterocycles. The first-order chi connectivity index (χ1) is 15.2. The van der Waals surface area contributed by atoms with Crippen LogP contribution in [0.3, 0.4) is 0 Å². The zero-order chi connectivity index (χ0) is 23.3. The van der Waals surface area contributed by atoms with Crippen LogP contribution in [0.25, 0.3) is 0 Å². The third kappa shape index (κ3) is 5.60. The average Bonchev–Trinajstić information content (AvgIpc) is 2.76. The minimum absolute atomic E-state index is 0.0501. The highest BCUT2D eigenvalue weighted by molar-refractivity contribution is 7.92. The molecule has 1 amide bonds. The zero-order valence-electron chi connectivity index (χ0n) is 18.1. The zero-order valence-corrected chi connectivity index (χ0v) is 19.6. The molecule has 0 aliphatic rings. The summed E-state index contributed by atoms with van der Waals surface area (Å²) in [7, 11) is -3.82. The third-order valence-corrected chi connectivity index (χ3v) is 6.75. The van der Waals surface area contributed by atoms with Crippen molar-refractivity contribution in [3.8, 4) is 5.75 Å². The SMILES string of the molecule is CC[C@H](Oc1cccc(C)c1C)C(=O)Nc1ccc(S(=O)(=O)Nc2ccccc2Cl)cc1. The maximum Gasteiger partial charge on any atom is 0.265 e. The summed E-state index contributed by atoms with van der Waals surface area (Å²) in [5, 5.41) is 3.08. The largest absolute Gasteiger partial charge is 0.480 e. The Morgan fingerprint density at radius 1 is 1.00 bits per heavy atom. The van der Waals surface area contributed by atoms with Gasteiger partial charge >= 0.3 is 0 Å². The van der Waals surface area contributed by atoms with Crippen molar-refractivity contribution in [3.05, 3.63) is 82.9 Å². The van der Waals surface area contributed by atoms with Crippen molar-refractivity contribution in [2.24, 2.45) is 0 Å². The lowest BCUT2D eigenvalue weighted by atomic mass is 10.1. The molecular formula is C24H25ClN2O4S. The molecule has 0 heterocycles. The van der Waals surface area contributed by atoms with E-state index in [4.69, 9.17) is 16.3 Å². The van der Waals surface area contributed by atoms with E-state index in [1.807, 2.05) is 39.0 Å². The number of para-hydroxylation sites is 1. The number of nitrogens with one attached hydrogen (secondary N) is 2. The Hall–Kier alpha value is -3.03. The van der Waals surface area contributed by atoms with Crippen LogP contribution in [0.5, 0.6) is 5.75 Å². The van der Waals surface area contributed by atoms with Gasteiger partial charge in [0.15, 0.2) is 6.10 Å². The number of hydrogen-bond acceptors (Lipinski definition) is 4. The van der Waals surface area contributed by atoms with Crippen LogP contribution < -0.4 is 14.8 Å². The first-order valence-corrected chi connectivity index (χ1v) is 12.0. The number of ether oxygens (including phenoxy) is 1. The second-order valence-electron chi connectivity index (χ2n) is 7.31. The summed E-state index contributed by atoms with van der Waals surface area (Å²) in [4.78, 5) is 12.8. The minimum atomic E-state index is -3.82. The van der Waals surface area contributed by atoms with Gasteiger partial charge in [0.2, 0.25) is 0 Å². The van der Waals surface area contributed by atoms with E-state index >= 15 is 0 Å². The van der Waals surface area contributed by atoms with Gasteiger partial charge in [-0.3, -0.25) is 9.52 Å². The Kier molecular flexibility index (Phi) is 7.43. The van der Waals surface area contributed by atoms with Gasteiger partial charge in [0.1, 0.15) is 5.75 Å². The molecule has 3 aromatic rings. The molecule has 8 heteroatoms. The summed E-state index contributed by atoms with van der Waals surface area (Å²) in [5.41, 5.74) is 2.83. The topological polar surface area (TPSA) is 84.5 Å². The fourth-order valence-electron chi connectivity index (χ4n) is 3.02. The second-order valence-corrected chi connectivity index (χ2v) is 9.40. The molecule has 0 fully saturated rings. The van der Waals surface area contributed by atoms with Crippen LogP contribution >= 0.6 is 11.6 Å². The van der Waals surface area contributed by atoms with Crippen molar-refractivity contribution in [3.63, 3.8) is 0 Å². The van der Waals surface area contributed by atoms with E-state index in [1.54, 1.807) is 24.3 Å². The lowest BCUT2D eigenvalue weighted by Gasteiger charge is -2.19. The quantitative estimate of drug-likeness (QED) is 0.450. The molecule has 3 rings (SSSR count). The molecule has 1 atom stereocenters.